The molecule has 4 aromatic rings. The van der Waals surface area contributed by atoms with E-state index in [1.54, 1.807) is 14.0 Å². The number of aromatic nitrogens is 5. The third-order valence-electron chi connectivity index (χ3n) is 5.03. The predicted molar refractivity (Wildman–Crippen MR) is 121 cm³/mol. The highest BCUT2D eigenvalue weighted by Gasteiger charge is 2.36. The van der Waals surface area contributed by atoms with Gasteiger partial charge in [0.2, 0.25) is 0 Å². The van der Waals surface area contributed by atoms with Crippen LogP contribution in [0.3, 0.4) is 0 Å². The van der Waals surface area contributed by atoms with Crippen molar-refractivity contribution in [1.29, 1.82) is 0 Å². The molecule has 0 saturated carbocycles. The maximum atomic E-state index is 13.6. The lowest BCUT2D eigenvalue weighted by Gasteiger charge is -2.12. The summed E-state index contributed by atoms with van der Waals surface area (Å²) < 4.78 is 42.0. The minimum atomic E-state index is -4.81. The Kier molecular flexibility index (Phi) is 5.84. The maximum Gasteiger partial charge on any atom is 0.433 e. The average Bonchev–Trinajstić information content (AvgIpc) is 3.43. The van der Waals surface area contributed by atoms with E-state index in [1.807, 2.05) is 0 Å². The Labute approximate surface area is 204 Å². The molecule has 4 aromatic heterocycles. The van der Waals surface area contributed by atoms with Crippen LogP contribution in [0.2, 0.25) is 0 Å². The summed E-state index contributed by atoms with van der Waals surface area (Å²) in [5.41, 5.74) is 4.39. The van der Waals surface area contributed by atoms with Crippen molar-refractivity contribution in [1.82, 2.24) is 25.0 Å². The van der Waals surface area contributed by atoms with Gasteiger partial charge in [0.15, 0.2) is 5.69 Å². The fourth-order valence-corrected chi connectivity index (χ4v) is 4.78. The molecule has 0 atom stereocenters. The molecule has 0 saturated heterocycles. The summed E-state index contributed by atoms with van der Waals surface area (Å²) in [6.07, 6.45) is -3.47. The number of nitrogens with two attached hydrogens (primary N) is 1. The van der Waals surface area contributed by atoms with Crippen molar-refractivity contribution in [3.63, 3.8) is 0 Å². The van der Waals surface area contributed by atoms with E-state index in [0.29, 0.717) is 22.6 Å². The summed E-state index contributed by atoms with van der Waals surface area (Å²) in [5, 5.41) is 23.2. The van der Waals surface area contributed by atoms with Gasteiger partial charge >= 0.3 is 12.0 Å². The van der Waals surface area contributed by atoms with Gasteiger partial charge in [0.25, 0.3) is 11.8 Å². The molecule has 0 aromatic carbocycles. The van der Waals surface area contributed by atoms with E-state index < -0.39 is 40.1 Å². The molecular formula is C18H12BrF3N8O4S. The van der Waals surface area contributed by atoms with Crippen LogP contribution in [0.25, 0.3) is 21.3 Å². The number of aromatic amines is 1. The number of H-pyrrole nitrogens is 1. The number of nitrogens with zero attached hydrogens (tertiary/aromatic N) is 5. The first-order chi connectivity index (χ1) is 16.3. The molecular weight excluding hydrogens is 561 g/mol. The summed E-state index contributed by atoms with van der Waals surface area (Å²) >= 11 is 3.47. The first-order valence-electron chi connectivity index (χ1n) is 9.34. The highest BCUT2D eigenvalue weighted by Crippen LogP contribution is 2.44. The molecule has 4 rings (SSSR count). The number of amides is 2. The molecule has 0 unspecified atom stereocenters. The number of primary amides is 1. The minimum absolute atomic E-state index is 0.000881. The number of alkyl halides is 3. The number of hydrogen-bond acceptors (Lipinski definition) is 8. The molecule has 4 N–H and O–H groups in total. The zero-order valence-electron chi connectivity index (χ0n) is 17.5. The molecule has 35 heavy (non-hydrogen) atoms. The van der Waals surface area contributed by atoms with Gasteiger partial charge in [0, 0.05) is 23.7 Å². The van der Waals surface area contributed by atoms with Crippen LogP contribution in [-0.4, -0.2) is 41.7 Å². The van der Waals surface area contributed by atoms with E-state index in [4.69, 9.17) is 5.73 Å². The standard InChI is InChI=1S/C18H12BrF3N8O4S/c1-5-7(4-24-29(5)2)6-3-8(18(20,21)22)25-17-9(6)11(13(35-17)14(23)31)26-16(32)12-10(19)15(28-27-12)30(33)34/h3-4H,1-2H3,(H2,23,31)(H,26,32)(H,27,28). The quantitative estimate of drug-likeness (QED) is 0.241. The fraction of sp³-hybridized carbons (Fsp3) is 0.167. The molecule has 0 aliphatic carbocycles. The topological polar surface area (TPSA) is 175 Å². The number of anilines is 1. The Morgan fingerprint density at radius 3 is 2.54 bits per heavy atom. The zero-order valence-corrected chi connectivity index (χ0v) is 19.9. The van der Waals surface area contributed by atoms with Gasteiger partial charge in [-0.25, -0.2) is 4.98 Å². The zero-order chi connectivity index (χ0) is 25.8. The molecule has 0 aliphatic rings. The number of nitro groups is 1. The number of aryl methyl sites for hydroxylation is 1. The van der Waals surface area contributed by atoms with Gasteiger partial charge in [-0.1, -0.05) is 5.10 Å². The van der Waals surface area contributed by atoms with E-state index in [-0.39, 0.29) is 30.8 Å². The van der Waals surface area contributed by atoms with Gasteiger partial charge in [0.1, 0.15) is 19.9 Å². The van der Waals surface area contributed by atoms with Crippen LogP contribution in [0.5, 0.6) is 0 Å². The largest absolute Gasteiger partial charge is 0.433 e. The molecule has 17 heteroatoms. The van der Waals surface area contributed by atoms with Gasteiger partial charge in [-0.15, -0.1) is 16.4 Å². The second-order valence-corrected chi connectivity index (χ2v) is 8.91. The second-order valence-electron chi connectivity index (χ2n) is 7.12. The molecule has 0 radical (unpaired) electrons. The van der Waals surface area contributed by atoms with Gasteiger partial charge < -0.3 is 21.2 Å². The lowest BCUT2D eigenvalue weighted by molar-refractivity contribution is -0.390. The van der Waals surface area contributed by atoms with Gasteiger partial charge in [-0.3, -0.25) is 14.3 Å². The number of pyridine rings is 1. The van der Waals surface area contributed by atoms with Gasteiger partial charge in [0.05, 0.1) is 11.9 Å². The van der Waals surface area contributed by atoms with Crippen molar-refractivity contribution >= 4 is 60.8 Å². The summed E-state index contributed by atoms with van der Waals surface area (Å²) in [6, 6.07) is 0.787. The third kappa shape index (κ3) is 4.12. The Hall–Kier alpha value is -3.86. The number of fused-ring (bicyclic) bond motifs is 1. The summed E-state index contributed by atoms with van der Waals surface area (Å²) in [4.78, 5) is 38.5. The third-order valence-corrected chi connectivity index (χ3v) is 6.88. The lowest BCUT2D eigenvalue weighted by atomic mass is 10.0. The Balaban J connectivity index is 1.98. The van der Waals surface area contributed by atoms with Crippen molar-refractivity contribution in [2.45, 2.75) is 13.1 Å². The minimum Gasteiger partial charge on any atom is -0.365 e. The molecule has 0 spiro atoms. The molecule has 182 valence electrons. The van der Waals surface area contributed by atoms with Crippen LogP contribution in [-0.2, 0) is 13.2 Å². The summed E-state index contributed by atoms with van der Waals surface area (Å²) in [7, 11) is 1.59. The SMILES string of the molecule is Cc1c(-c2cc(C(F)(F)F)nc3sc(C(N)=O)c(NC(=O)c4n[nH]c([N+](=O)[O-])c4Br)c23)cnn1C. The van der Waals surface area contributed by atoms with Gasteiger partial charge in [-0.2, -0.15) is 18.3 Å². The second kappa shape index (κ2) is 8.42. The number of hydrogen-bond donors (Lipinski definition) is 3. The van der Waals surface area contributed by atoms with Crippen molar-refractivity contribution < 1.29 is 27.7 Å². The fourth-order valence-electron chi connectivity index (χ4n) is 3.28. The average molecular weight is 573 g/mol. The van der Waals surface area contributed by atoms with Crippen LogP contribution in [0.4, 0.5) is 24.7 Å². The smallest absolute Gasteiger partial charge is 0.365 e. The van der Waals surface area contributed by atoms with Gasteiger partial charge in [-0.05, 0) is 39.4 Å². The van der Waals surface area contributed by atoms with Crippen molar-refractivity contribution in [2.24, 2.45) is 12.8 Å². The summed E-state index contributed by atoms with van der Waals surface area (Å²) in [6.45, 7) is 1.63. The molecule has 12 nitrogen and oxygen atoms in total. The monoisotopic (exact) mass is 572 g/mol. The molecule has 4 heterocycles. The molecule has 0 aliphatic heterocycles. The van der Waals surface area contributed by atoms with Crippen LogP contribution >= 0.6 is 27.3 Å². The van der Waals surface area contributed by atoms with Crippen LogP contribution < -0.4 is 11.1 Å². The van der Waals surface area contributed by atoms with Crippen LogP contribution in [0, 0.1) is 17.0 Å². The van der Waals surface area contributed by atoms with E-state index in [9.17, 15) is 32.9 Å². The first-order valence-corrected chi connectivity index (χ1v) is 10.9. The lowest BCUT2D eigenvalue weighted by Crippen LogP contribution is -2.17. The van der Waals surface area contributed by atoms with Crippen molar-refractivity contribution in [3.05, 3.63) is 48.8 Å². The highest BCUT2D eigenvalue weighted by molar-refractivity contribution is 9.10. The number of carbonyl (C=O) groups excluding carboxylic acids is 2. The maximum absolute atomic E-state index is 13.6. The van der Waals surface area contributed by atoms with Crippen molar-refractivity contribution in [3.8, 4) is 11.1 Å². The van der Waals surface area contributed by atoms with E-state index in [1.165, 1.54) is 10.9 Å². The number of rotatable bonds is 5. The molecule has 0 fully saturated rings. The number of nitrogens with one attached hydrogen (secondary N) is 2. The predicted octanol–water partition coefficient (Wildman–Crippen LogP) is 3.77. The normalized spacial score (nSPS) is 11.7. The van der Waals surface area contributed by atoms with Crippen molar-refractivity contribution in [2.75, 3.05) is 5.32 Å². The van der Waals surface area contributed by atoms with E-state index in [2.05, 4.69) is 41.5 Å². The Morgan fingerprint density at radius 2 is 2.03 bits per heavy atom. The first kappa shape index (κ1) is 24.3. The number of carbonyl (C=O) groups is 2. The van der Waals surface area contributed by atoms with E-state index >= 15 is 0 Å². The molecule has 2 amide bonds. The number of halogens is 4. The van der Waals surface area contributed by atoms with Crippen LogP contribution in [0.1, 0.15) is 31.5 Å². The Morgan fingerprint density at radius 1 is 1.34 bits per heavy atom. The highest BCUT2D eigenvalue weighted by atomic mass is 79.9. The number of thiophene rings is 1. The van der Waals surface area contributed by atoms with E-state index in [0.717, 1.165) is 6.07 Å². The summed E-state index contributed by atoms with van der Waals surface area (Å²) in [5.74, 6) is -2.61. The Bertz CT molecular complexity index is 1540. The molecule has 0 bridgehead atoms. The van der Waals surface area contributed by atoms with Crippen LogP contribution in [0.15, 0.2) is 16.7 Å².